The summed E-state index contributed by atoms with van der Waals surface area (Å²) in [6.45, 7) is 4.95. The fraction of sp³-hybridized carbons (Fsp3) is 0.562. The third-order valence-electron chi connectivity index (χ3n) is 3.86. The molecule has 0 aromatic heterocycles. The number of hydrogen-bond donors (Lipinski definition) is 1. The van der Waals surface area contributed by atoms with Gasteiger partial charge in [0.25, 0.3) is 0 Å². The minimum absolute atomic E-state index is 0. The topological polar surface area (TPSA) is 44.8 Å². The van der Waals surface area contributed by atoms with Crippen molar-refractivity contribution in [1.29, 1.82) is 0 Å². The van der Waals surface area contributed by atoms with Crippen molar-refractivity contribution < 1.29 is 9.53 Å². The van der Waals surface area contributed by atoms with Crippen LogP contribution in [0.4, 0.5) is 0 Å². The molecule has 0 aliphatic carbocycles. The summed E-state index contributed by atoms with van der Waals surface area (Å²) >= 11 is 3.49. The first-order chi connectivity index (χ1) is 10.6. The van der Waals surface area contributed by atoms with Gasteiger partial charge in [0.15, 0.2) is 0 Å². The van der Waals surface area contributed by atoms with E-state index in [-0.39, 0.29) is 18.3 Å². The average molecular weight is 407 g/mol. The van der Waals surface area contributed by atoms with Gasteiger partial charge in [-0.25, -0.2) is 0 Å². The fourth-order valence-corrected chi connectivity index (χ4v) is 3.01. The molecule has 0 atom stereocenters. The maximum Gasteiger partial charge on any atom is 0.223 e. The molecule has 23 heavy (non-hydrogen) atoms. The highest BCUT2D eigenvalue weighted by molar-refractivity contribution is 9.10. The molecular formula is C16H25BrClN3O2. The molecule has 1 fully saturated rings. The van der Waals surface area contributed by atoms with E-state index in [1.807, 2.05) is 24.1 Å². The number of rotatable bonds is 6. The molecule has 1 heterocycles. The number of nitrogens with zero attached hydrogens (tertiary/aromatic N) is 2. The van der Waals surface area contributed by atoms with E-state index < -0.39 is 0 Å². The monoisotopic (exact) mass is 405 g/mol. The minimum Gasteiger partial charge on any atom is -0.496 e. The van der Waals surface area contributed by atoms with E-state index in [1.165, 1.54) is 0 Å². The van der Waals surface area contributed by atoms with Gasteiger partial charge in [0.05, 0.1) is 7.11 Å². The number of hydrogen-bond acceptors (Lipinski definition) is 4. The van der Waals surface area contributed by atoms with Crippen LogP contribution < -0.4 is 10.1 Å². The minimum atomic E-state index is 0. The van der Waals surface area contributed by atoms with Crippen molar-refractivity contribution in [3.63, 3.8) is 0 Å². The Morgan fingerprint density at radius 3 is 2.74 bits per heavy atom. The molecule has 0 unspecified atom stereocenters. The zero-order chi connectivity index (χ0) is 15.9. The van der Waals surface area contributed by atoms with Gasteiger partial charge in [-0.05, 0) is 25.2 Å². The molecular weight excluding hydrogens is 382 g/mol. The zero-order valence-corrected chi connectivity index (χ0v) is 16.1. The van der Waals surface area contributed by atoms with E-state index in [2.05, 4.69) is 32.2 Å². The van der Waals surface area contributed by atoms with Crippen LogP contribution in [0.15, 0.2) is 22.7 Å². The van der Waals surface area contributed by atoms with Crippen LogP contribution in [0.5, 0.6) is 5.75 Å². The number of amides is 1. The smallest absolute Gasteiger partial charge is 0.223 e. The van der Waals surface area contributed by atoms with Gasteiger partial charge in [-0.1, -0.05) is 15.9 Å². The Balaban J connectivity index is 0.00000264. The van der Waals surface area contributed by atoms with Crippen LogP contribution >= 0.6 is 28.3 Å². The Bertz CT molecular complexity index is 510. The number of carbonyl (C=O) groups is 1. The molecule has 1 aliphatic heterocycles. The molecule has 1 amide bonds. The van der Waals surface area contributed by atoms with Crippen LogP contribution in [0.3, 0.4) is 0 Å². The third-order valence-corrected chi connectivity index (χ3v) is 4.35. The van der Waals surface area contributed by atoms with Crippen molar-refractivity contribution in [3.8, 4) is 5.75 Å². The third kappa shape index (κ3) is 6.30. The summed E-state index contributed by atoms with van der Waals surface area (Å²) in [5.41, 5.74) is 1.12. The van der Waals surface area contributed by atoms with Crippen molar-refractivity contribution in [3.05, 3.63) is 28.2 Å². The summed E-state index contributed by atoms with van der Waals surface area (Å²) in [7, 11) is 3.71. The summed E-state index contributed by atoms with van der Waals surface area (Å²) in [4.78, 5) is 16.3. The summed E-state index contributed by atoms with van der Waals surface area (Å²) in [6, 6.07) is 5.99. The Hall–Kier alpha value is -0.820. The summed E-state index contributed by atoms with van der Waals surface area (Å²) in [6.07, 6.45) is 0.562. The molecule has 1 saturated heterocycles. The van der Waals surface area contributed by atoms with Crippen molar-refractivity contribution in [1.82, 2.24) is 15.1 Å². The second-order valence-electron chi connectivity index (χ2n) is 5.57. The molecule has 7 heteroatoms. The SMILES string of the molecule is COc1ccc(Br)cc1CN(C)CCC(=O)N1CCNCC1.Cl. The predicted octanol–water partition coefficient (Wildman–Crippen LogP) is 2.13. The first-order valence-corrected chi connectivity index (χ1v) is 8.39. The van der Waals surface area contributed by atoms with E-state index in [9.17, 15) is 4.79 Å². The Morgan fingerprint density at radius 2 is 2.09 bits per heavy atom. The molecule has 1 N–H and O–H groups in total. The van der Waals surface area contributed by atoms with Gasteiger partial charge in [-0.15, -0.1) is 12.4 Å². The fourth-order valence-electron chi connectivity index (χ4n) is 2.60. The molecule has 5 nitrogen and oxygen atoms in total. The lowest BCUT2D eigenvalue weighted by Crippen LogP contribution is -2.47. The molecule has 1 aliphatic rings. The number of halogens is 2. The largest absolute Gasteiger partial charge is 0.496 e. The Morgan fingerprint density at radius 1 is 1.39 bits per heavy atom. The summed E-state index contributed by atoms with van der Waals surface area (Å²) < 4.78 is 6.43. The highest BCUT2D eigenvalue weighted by Gasteiger charge is 2.16. The van der Waals surface area contributed by atoms with Crippen LogP contribution in [0.25, 0.3) is 0 Å². The van der Waals surface area contributed by atoms with Gasteiger partial charge < -0.3 is 19.9 Å². The normalized spacial score (nSPS) is 14.5. The zero-order valence-electron chi connectivity index (χ0n) is 13.7. The van der Waals surface area contributed by atoms with Gasteiger partial charge in [-0.3, -0.25) is 4.79 Å². The van der Waals surface area contributed by atoms with Crippen LogP contribution in [0.2, 0.25) is 0 Å². The lowest BCUT2D eigenvalue weighted by molar-refractivity contribution is -0.132. The first kappa shape index (κ1) is 20.2. The van der Waals surface area contributed by atoms with Crippen LogP contribution in [-0.2, 0) is 11.3 Å². The Kier molecular flexibility index (Phi) is 8.91. The van der Waals surface area contributed by atoms with Crippen molar-refractivity contribution >= 4 is 34.2 Å². The highest BCUT2D eigenvalue weighted by atomic mass is 79.9. The number of carbonyl (C=O) groups excluding carboxylic acids is 1. The van der Waals surface area contributed by atoms with Crippen molar-refractivity contribution in [2.75, 3.05) is 46.9 Å². The number of nitrogens with one attached hydrogen (secondary N) is 1. The number of benzene rings is 1. The molecule has 1 aromatic carbocycles. The van der Waals surface area contributed by atoms with E-state index >= 15 is 0 Å². The second-order valence-corrected chi connectivity index (χ2v) is 6.49. The van der Waals surface area contributed by atoms with Gasteiger partial charge in [0.2, 0.25) is 5.91 Å². The lowest BCUT2D eigenvalue weighted by atomic mass is 10.2. The molecule has 130 valence electrons. The molecule has 0 spiro atoms. The van der Waals surface area contributed by atoms with Gasteiger partial charge in [-0.2, -0.15) is 0 Å². The van der Waals surface area contributed by atoms with Gasteiger partial charge >= 0.3 is 0 Å². The maximum atomic E-state index is 12.2. The molecule has 1 aromatic rings. The summed E-state index contributed by atoms with van der Waals surface area (Å²) in [5, 5.41) is 3.26. The van der Waals surface area contributed by atoms with Crippen LogP contribution in [-0.4, -0.2) is 62.6 Å². The standard InChI is InChI=1S/C16H24BrN3O2.ClH/c1-19(8-5-16(21)20-9-6-18-7-10-20)12-13-11-14(17)3-4-15(13)22-2;/h3-4,11,18H,5-10,12H2,1-2H3;1H. The quantitative estimate of drug-likeness (QED) is 0.786. The maximum absolute atomic E-state index is 12.2. The Labute approximate surface area is 152 Å². The first-order valence-electron chi connectivity index (χ1n) is 7.59. The van der Waals surface area contributed by atoms with Crippen LogP contribution in [0.1, 0.15) is 12.0 Å². The second kappa shape index (κ2) is 10.1. The van der Waals surface area contributed by atoms with E-state index in [1.54, 1.807) is 7.11 Å². The van der Waals surface area contributed by atoms with E-state index in [4.69, 9.17) is 4.74 Å². The van der Waals surface area contributed by atoms with Gasteiger partial charge in [0, 0.05) is 55.7 Å². The number of methoxy groups -OCH3 is 1. The van der Waals surface area contributed by atoms with E-state index in [0.29, 0.717) is 6.42 Å². The average Bonchev–Trinajstić information content (AvgIpc) is 2.53. The molecule has 0 radical (unpaired) electrons. The summed E-state index contributed by atoms with van der Waals surface area (Å²) in [5.74, 6) is 1.12. The van der Waals surface area contributed by atoms with Crippen molar-refractivity contribution in [2.45, 2.75) is 13.0 Å². The number of piperazine rings is 1. The molecule has 0 saturated carbocycles. The predicted molar refractivity (Wildman–Crippen MR) is 98.3 cm³/mol. The molecule has 2 rings (SSSR count). The molecule has 0 bridgehead atoms. The lowest BCUT2D eigenvalue weighted by Gasteiger charge is -2.28. The van der Waals surface area contributed by atoms with E-state index in [0.717, 1.165) is 55.1 Å². The van der Waals surface area contributed by atoms with Crippen molar-refractivity contribution in [2.24, 2.45) is 0 Å². The van der Waals surface area contributed by atoms with Crippen LogP contribution in [0, 0.1) is 0 Å². The highest BCUT2D eigenvalue weighted by Crippen LogP contribution is 2.24. The van der Waals surface area contributed by atoms with Gasteiger partial charge in [0.1, 0.15) is 5.75 Å². The number of ether oxygens (including phenoxy) is 1.